The number of benzene rings is 2. The molecule has 2 heterocycles. The monoisotopic (exact) mass is 379 g/mol. The number of likely N-dealkylation sites (tertiary alicyclic amines) is 1. The number of aromatic amines is 2. The third-order valence-corrected chi connectivity index (χ3v) is 5.90. The molecule has 0 saturated carbocycles. The van der Waals surface area contributed by atoms with Gasteiger partial charge in [-0.05, 0) is 55.9 Å². The molecule has 0 radical (unpaired) electrons. The number of hydrogen-bond donors (Lipinski definition) is 4. The number of rotatable bonds is 5. The summed E-state index contributed by atoms with van der Waals surface area (Å²) in [5.74, 6) is 0.725. The SMILES string of the molecule is C[C@@H](C(=O)Nc1ccc2[nH]c(=O)[nH]c2c1)[NH+]1CCC(Cc2ccccc2)CC1. The second-order valence-corrected chi connectivity index (χ2v) is 7.84. The summed E-state index contributed by atoms with van der Waals surface area (Å²) in [6, 6.07) is 16.0. The number of aromatic nitrogens is 2. The summed E-state index contributed by atoms with van der Waals surface area (Å²) < 4.78 is 0. The Morgan fingerprint density at radius 2 is 1.82 bits per heavy atom. The summed E-state index contributed by atoms with van der Waals surface area (Å²) in [7, 11) is 0. The molecule has 28 heavy (non-hydrogen) atoms. The zero-order valence-electron chi connectivity index (χ0n) is 16.1. The normalized spacial score (nSPS) is 20.8. The van der Waals surface area contributed by atoms with Crippen molar-refractivity contribution in [3.63, 3.8) is 0 Å². The molecule has 1 aliphatic heterocycles. The van der Waals surface area contributed by atoms with E-state index in [9.17, 15) is 9.59 Å². The third kappa shape index (κ3) is 4.17. The van der Waals surface area contributed by atoms with Gasteiger partial charge < -0.3 is 20.2 Å². The van der Waals surface area contributed by atoms with E-state index in [-0.39, 0.29) is 17.6 Å². The van der Waals surface area contributed by atoms with Crippen LogP contribution in [0, 0.1) is 5.92 Å². The summed E-state index contributed by atoms with van der Waals surface area (Å²) in [5, 5.41) is 3.00. The predicted octanol–water partition coefficient (Wildman–Crippen LogP) is 1.72. The van der Waals surface area contributed by atoms with Crippen LogP contribution in [0.2, 0.25) is 0 Å². The Kier molecular flexibility index (Phi) is 5.30. The van der Waals surface area contributed by atoms with Gasteiger partial charge in [0.2, 0.25) is 0 Å². The third-order valence-electron chi connectivity index (χ3n) is 5.90. The van der Waals surface area contributed by atoms with Crippen LogP contribution in [-0.2, 0) is 11.2 Å². The van der Waals surface area contributed by atoms with Crippen LogP contribution in [0.3, 0.4) is 0 Å². The summed E-state index contributed by atoms with van der Waals surface area (Å²) in [5.41, 5.74) is 3.30. The first-order valence-corrected chi connectivity index (χ1v) is 10.00. The number of anilines is 1. The minimum absolute atomic E-state index is 0.0220. The molecule has 0 bridgehead atoms. The Bertz CT molecular complexity index is 1000. The molecule has 0 unspecified atom stereocenters. The van der Waals surface area contributed by atoms with Gasteiger partial charge in [0.1, 0.15) is 0 Å². The van der Waals surface area contributed by atoms with Crippen molar-refractivity contribution in [1.29, 1.82) is 0 Å². The Balaban J connectivity index is 1.32. The molecule has 1 amide bonds. The van der Waals surface area contributed by atoms with Gasteiger partial charge >= 0.3 is 5.69 Å². The van der Waals surface area contributed by atoms with E-state index in [4.69, 9.17) is 0 Å². The number of fused-ring (bicyclic) bond motifs is 1. The van der Waals surface area contributed by atoms with Crippen LogP contribution in [0.1, 0.15) is 25.3 Å². The summed E-state index contributed by atoms with van der Waals surface area (Å²) >= 11 is 0. The Labute approximate surface area is 164 Å². The Morgan fingerprint density at radius 1 is 1.11 bits per heavy atom. The second kappa shape index (κ2) is 8.02. The van der Waals surface area contributed by atoms with Gasteiger partial charge in [-0.2, -0.15) is 0 Å². The van der Waals surface area contributed by atoms with Crippen LogP contribution in [0.25, 0.3) is 11.0 Å². The molecule has 4 N–H and O–H groups in total. The highest BCUT2D eigenvalue weighted by atomic mass is 16.2. The number of carbonyl (C=O) groups excluding carboxylic acids is 1. The first-order valence-electron chi connectivity index (χ1n) is 10.00. The Morgan fingerprint density at radius 3 is 2.57 bits per heavy atom. The topological polar surface area (TPSA) is 82.2 Å². The maximum atomic E-state index is 12.7. The van der Waals surface area contributed by atoms with Crippen LogP contribution in [0.4, 0.5) is 5.69 Å². The molecule has 2 aromatic carbocycles. The van der Waals surface area contributed by atoms with E-state index in [0.717, 1.165) is 37.9 Å². The van der Waals surface area contributed by atoms with Gasteiger partial charge in [0.25, 0.3) is 5.91 Å². The second-order valence-electron chi connectivity index (χ2n) is 7.84. The highest BCUT2D eigenvalue weighted by Gasteiger charge is 2.30. The molecular formula is C22H27N4O2+. The average molecular weight is 379 g/mol. The molecule has 3 aromatic rings. The molecule has 1 aliphatic rings. The number of amides is 1. The lowest BCUT2D eigenvalue weighted by atomic mass is 9.89. The van der Waals surface area contributed by atoms with Gasteiger partial charge in [-0.15, -0.1) is 0 Å². The highest BCUT2D eigenvalue weighted by Crippen LogP contribution is 2.17. The molecule has 1 aromatic heterocycles. The van der Waals surface area contributed by atoms with Gasteiger partial charge in [-0.3, -0.25) is 4.79 Å². The summed E-state index contributed by atoms with van der Waals surface area (Å²) in [4.78, 5) is 30.9. The Hall–Kier alpha value is -2.86. The lowest BCUT2D eigenvalue weighted by molar-refractivity contribution is -0.919. The van der Waals surface area contributed by atoms with Crippen molar-refractivity contribution in [3.05, 3.63) is 64.6 Å². The molecule has 1 fully saturated rings. The maximum absolute atomic E-state index is 12.7. The zero-order valence-corrected chi connectivity index (χ0v) is 16.1. The van der Waals surface area contributed by atoms with Crippen molar-refractivity contribution in [1.82, 2.24) is 9.97 Å². The van der Waals surface area contributed by atoms with Crippen molar-refractivity contribution in [2.75, 3.05) is 18.4 Å². The van der Waals surface area contributed by atoms with E-state index in [1.165, 1.54) is 10.5 Å². The van der Waals surface area contributed by atoms with Gasteiger partial charge in [0.15, 0.2) is 6.04 Å². The lowest BCUT2D eigenvalue weighted by Gasteiger charge is -2.32. The fraction of sp³-hybridized carbons (Fsp3) is 0.364. The number of carbonyl (C=O) groups is 1. The van der Waals surface area contributed by atoms with E-state index in [1.54, 1.807) is 12.1 Å². The van der Waals surface area contributed by atoms with Crippen molar-refractivity contribution in [2.45, 2.75) is 32.2 Å². The number of quaternary nitrogens is 1. The molecule has 6 nitrogen and oxygen atoms in total. The van der Waals surface area contributed by atoms with Crippen LogP contribution in [0.15, 0.2) is 53.3 Å². The van der Waals surface area contributed by atoms with Gasteiger partial charge in [0.05, 0.1) is 24.1 Å². The van der Waals surface area contributed by atoms with Gasteiger partial charge in [-0.1, -0.05) is 30.3 Å². The summed E-state index contributed by atoms with van der Waals surface area (Å²) in [6.07, 6.45) is 3.43. The summed E-state index contributed by atoms with van der Waals surface area (Å²) in [6.45, 7) is 4.05. The van der Waals surface area contributed by atoms with Crippen LogP contribution < -0.4 is 15.9 Å². The maximum Gasteiger partial charge on any atom is 0.323 e. The van der Waals surface area contributed by atoms with Crippen LogP contribution >= 0.6 is 0 Å². The largest absolute Gasteiger partial charge is 0.325 e. The first-order chi connectivity index (χ1) is 13.6. The van der Waals surface area contributed by atoms with E-state index in [2.05, 4.69) is 45.6 Å². The molecule has 4 rings (SSSR count). The standard InChI is InChI=1S/C22H26N4O2/c1-15(21(27)23-18-7-8-19-20(14-18)25-22(28)24-19)26-11-9-17(10-12-26)13-16-5-3-2-4-6-16/h2-8,14-15,17H,9-13H2,1H3,(H,23,27)(H2,24,25,28)/p+1/t15-/m0/s1. The molecule has 6 heteroatoms. The van der Waals surface area contributed by atoms with E-state index in [0.29, 0.717) is 17.1 Å². The zero-order chi connectivity index (χ0) is 19.5. The minimum Gasteiger partial charge on any atom is -0.325 e. The number of H-pyrrole nitrogens is 2. The lowest BCUT2D eigenvalue weighted by Crippen LogP contribution is -3.17. The highest BCUT2D eigenvalue weighted by molar-refractivity contribution is 5.95. The van der Waals surface area contributed by atoms with Crippen molar-refractivity contribution < 1.29 is 9.69 Å². The predicted molar refractivity (Wildman–Crippen MR) is 111 cm³/mol. The number of imidazole rings is 1. The minimum atomic E-state index is -0.241. The quantitative estimate of drug-likeness (QED) is 0.544. The van der Waals surface area contributed by atoms with E-state index < -0.39 is 0 Å². The van der Waals surface area contributed by atoms with Gasteiger partial charge in [-0.25, -0.2) is 4.79 Å². The van der Waals surface area contributed by atoms with E-state index in [1.807, 2.05) is 13.0 Å². The molecule has 0 spiro atoms. The van der Waals surface area contributed by atoms with Crippen molar-refractivity contribution in [2.24, 2.45) is 5.92 Å². The first kappa shape index (κ1) is 18.5. The van der Waals surface area contributed by atoms with Crippen LogP contribution in [-0.4, -0.2) is 35.0 Å². The van der Waals surface area contributed by atoms with E-state index >= 15 is 0 Å². The fourth-order valence-corrected chi connectivity index (χ4v) is 4.18. The van der Waals surface area contributed by atoms with Gasteiger partial charge in [0, 0.05) is 5.69 Å². The number of nitrogens with one attached hydrogen (secondary N) is 4. The number of hydrogen-bond acceptors (Lipinski definition) is 2. The molecule has 146 valence electrons. The molecule has 0 aliphatic carbocycles. The van der Waals surface area contributed by atoms with Crippen molar-refractivity contribution in [3.8, 4) is 0 Å². The van der Waals surface area contributed by atoms with Crippen molar-refractivity contribution >= 4 is 22.6 Å². The molecular weight excluding hydrogens is 352 g/mol. The molecule has 1 saturated heterocycles. The van der Waals surface area contributed by atoms with Crippen LogP contribution in [0.5, 0.6) is 0 Å². The number of piperidine rings is 1. The average Bonchev–Trinajstić information content (AvgIpc) is 3.08. The fourth-order valence-electron chi connectivity index (χ4n) is 4.18. The smallest absolute Gasteiger partial charge is 0.323 e. The molecule has 1 atom stereocenters.